The molecule has 2 rings (SSSR count). The van der Waals surface area contributed by atoms with E-state index >= 15 is 0 Å². The summed E-state index contributed by atoms with van der Waals surface area (Å²) in [4.78, 5) is 0. The maximum Gasteiger partial charge on any atom is 0.191 e. The largest absolute Gasteiger partial charge is 0.507 e. The van der Waals surface area contributed by atoms with Crippen LogP contribution >= 0.6 is 12.2 Å². The zero-order chi connectivity index (χ0) is 18.2. The highest BCUT2D eigenvalue weighted by Crippen LogP contribution is 2.23. The van der Waals surface area contributed by atoms with Gasteiger partial charge in [0.15, 0.2) is 5.11 Å². The van der Waals surface area contributed by atoms with Crippen LogP contribution in [0.15, 0.2) is 47.6 Å². The highest BCUT2D eigenvalue weighted by Gasteiger charge is 2.06. The summed E-state index contributed by atoms with van der Waals surface area (Å²) in [5, 5.41) is 17.6. The Kier molecular flexibility index (Phi) is 6.59. The van der Waals surface area contributed by atoms with Gasteiger partial charge < -0.3 is 19.9 Å². The second-order valence-electron chi connectivity index (χ2n) is 5.10. The molecule has 3 N–H and O–H groups in total. The first-order valence-corrected chi connectivity index (χ1v) is 8.15. The fraction of sp³-hybridized carbons (Fsp3) is 0.222. The molecule has 2 aromatic rings. The molecule has 0 radical (unpaired) electrons. The first-order chi connectivity index (χ1) is 12.0. The van der Waals surface area contributed by atoms with E-state index in [1.807, 2.05) is 31.2 Å². The van der Waals surface area contributed by atoms with Gasteiger partial charge in [-0.3, -0.25) is 5.43 Å². The van der Waals surface area contributed by atoms with Gasteiger partial charge in [0.05, 0.1) is 19.4 Å². The van der Waals surface area contributed by atoms with Crippen molar-refractivity contribution in [1.29, 1.82) is 0 Å². The quantitative estimate of drug-likeness (QED) is 0.416. The van der Waals surface area contributed by atoms with E-state index in [-0.39, 0.29) is 5.75 Å². The number of thiocarbonyl (C=S) groups is 1. The van der Waals surface area contributed by atoms with Crippen LogP contribution in [0.2, 0.25) is 0 Å². The number of benzene rings is 2. The van der Waals surface area contributed by atoms with Gasteiger partial charge in [0.2, 0.25) is 0 Å². The van der Waals surface area contributed by atoms with Crippen LogP contribution in [0.4, 0.5) is 5.69 Å². The van der Waals surface area contributed by atoms with Gasteiger partial charge in [-0.2, -0.15) is 5.10 Å². The first-order valence-electron chi connectivity index (χ1n) is 7.75. The van der Waals surface area contributed by atoms with Gasteiger partial charge in [-0.15, -0.1) is 0 Å². The zero-order valence-corrected chi connectivity index (χ0v) is 15.2. The third kappa shape index (κ3) is 5.36. The molecule has 0 aliphatic heterocycles. The minimum Gasteiger partial charge on any atom is -0.507 e. The number of aromatic hydroxyl groups is 1. The standard InChI is InChI=1S/C18H21N3O3S/c1-4-24-14-7-5-13(6-8-14)19-18(25)21-20-12(2)16-10-9-15(23-3)11-17(16)22/h5-11,22H,4H2,1-3H3,(H2,19,21,25)/b20-12+. The van der Waals surface area contributed by atoms with Crippen LogP contribution in [-0.2, 0) is 0 Å². The van der Waals surface area contributed by atoms with Crippen molar-refractivity contribution in [1.82, 2.24) is 5.43 Å². The third-order valence-corrected chi connectivity index (χ3v) is 3.54. The predicted octanol–water partition coefficient (Wildman–Crippen LogP) is 3.51. The maximum absolute atomic E-state index is 10.0. The van der Waals surface area contributed by atoms with Crippen molar-refractivity contribution in [3.05, 3.63) is 48.0 Å². The smallest absolute Gasteiger partial charge is 0.191 e. The molecule has 7 heteroatoms. The van der Waals surface area contributed by atoms with Crippen molar-refractivity contribution >= 4 is 28.7 Å². The summed E-state index contributed by atoms with van der Waals surface area (Å²) in [6, 6.07) is 12.5. The number of hydrazone groups is 1. The molecule has 132 valence electrons. The SMILES string of the molecule is CCOc1ccc(NC(=S)N/N=C(\C)c2ccc(OC)cc2O)cc1. The van der Waals surface area contributed by atoms with Gasteiger partial charge in [0.1, 0.15) is 17.2 Å². The van der Waals surface area contributed by atoms with Crippen LogP contribution < -0.4 is 20.2 Å². The molecule has 0 atom stereocenters. The Balaban J connectivity index is 1.96. The lowest BCUT2D eigenvalue weighted by atomic mass is 10.1. The monoisotopic (exact) mass is 359 g/mol. The number of phenols is 1. The Bertz CT molecular complexity index is 761. The summed E-state index contributed by atoms with van der Waals surface area (Å²) in [6.45, 7) is 4.33. The Labute approximate surface area is 152 Å². The van der Waals surface area contributed by atoms with Gasteiger partial charge in [-0.25, -0.2) is 0 Å². The molecule has 0 saturated heterocycles. The van der Waals surface area contributed by atoms with E-state index in [9.17, 15) is 5.11 Å². The van der Waals surface area contributed by atoms with E-state index in [0.29, 0.717) is 28.7 Å². The second kappa shape index (κ2) is 8.89. The molecular weight excluding hydrogens is 338 g/mol. The van der Waals surface area contributed by atoms with Crippen LogP contribution in [0, 0.1) is 0 Å². The highest BCUT2D eigenvalue weighted by atomic mass is 32.1. The number of anilines is 1. The summed E-state index contributed by atoms with van der Waals surface area (Å²) >= 11 is 5.22. The molecule has 0 fully saturated rings. The normalized spacial score (nSPS) is 10.9. The lowest BCUT2D eigenvalue weighted by Gasteiger charge is -2.10. The van der Waals surface area contributed by atoms with Gasteiger partial charge in [-0.1, -0.05) is 0 Å². The number of hydrogen-bond acceptors (Lipinski definition) is 5. The number of methoxy groups -OCH3 is 1. The van der Waals surface area contributed by atoms with Crippen LogP contribution in [0.5, 0.6) is 17.2 Å². The van der Waals surface area contributed by atoms with Gasteiger partial charge in [0.25, 0.3) is 0 Å². The summed E-state index contributed by atoms with van der Waals surface area (Å²) in [5.74, 6) is 1.47. The molecule has 0 aliphatic carbocycles. The van der Waals surface area contributed by atoms with Gasteiger partial charge in [-0.05, 0) is 62.5 Å². The van der Waals surface area contributed by atoms with Crippen molar-refractivity contribution in [2.45, 2.75) is 13.8 Å². The molecule has 0 unspecified atom stereocenters. The second-order valence-corrected chi connectivity index (χ2v) is 5.51. The lowest BCUT2D eigenvalue weighted by Crippen LogP contribution is -2.24. The zero-order valence-electron chi connectivity index (χ0n) is 14.4. The average Bonchev–Trinajstić information content (AvgIpc) is 2.61. The number of rotatable bonds is 6. The van der Waals surface area contributed by atoms with E-state index < -0.39 is 0 Å². The summed E-state index contributed by atoms with van der Waals surface area (Å²) in [6.07, 6.45) is 0. The molecule has 2 aromatic carbocycles. The Morgan fingerprint density at radius 1 is 1.16 bits per heavy atom. The number of phenolic OH excluding ortho intramolecular Hbond substituents is 1. The minimum atomic E-state index is 0.0905. The molecular formula is C18H21N3O3S. The topological polar surface area (TPSA) is 75.1 Å². The predicted molar refractivity (Wildman–Crippen MR) is 104 cm³/mol. The molecule has 0 heterocycles. The van der Waals surface area contributed by atoms with Crippen molar-refractivity contribution in [2.24, 2.45) is 5.10 Å². The lowest BCUT2D eigenvalue weighted by molar-refractivity contribution is 0.340. The molecule has 0 saturated carbocycles. The molecule has 0 spiro atoms. The van der Waals surface area contributed by atoms with Crippen molar-refractivity contribution in [3.63, 3.8) is 0 Å². The van der Waals surface area contributed by atoms with E-state index in [2.05, 4.69) is 15.8 Å². The van der Waals surface area contributed by atoms with Crippen LogP contribution in [-0.4, -0.2) is 29.6 Å². The third-order valence-electron chi connectivity index (χ3n) is 3.34. The van der Waals surface area contributed by atoms with E-state index in [4.69, 9.17) is 21.7 Å². The summed E-state index contributed by atoms with van der Waals surface area (Å²) in [7, 11) is 1.54. The summed E-state index contributed by atoms with van der Waals surface area (Å²) in [5.41, 5.74) is 4.77. The number of hydrogen-bond donors (Lipinski definition) is 3. The molecule has 0 aliphatic rings. The number of nitrogens with one attached hydrogen (secondary N) is 2. The van der Waals surface area contributed by atoms with Crippen LogP contribution in [0.25, 0.3) is 0 Å². The Hall–Kier alpha value is -2.80. The Morgan fingerprint density at radius 3 is 2.44 bits per heavy atom. The first kappa shape index (κ1) is 18.5. The highest BCUT2D eigenvalue weighted by molar-refractivity contribution is 7.80. The van der Waals surface area contributed by atoms with E-state index in [1.54, 1.807) is 26.2 Å². The average molecular weight is 359 g/mol. The van der Waals surface area contributed by atoms with Gasteiger partial charge >= 0.3 is 0 Å². The minimum absolute atomic E-state index is 0.0905. The van der Waals surface area contributed by atoms with E-state index in [0.717, 1.165) is 11.4 Å². The fourth-order valence-electron chi connectivity index (χ4n) is 2.10. The van der Waals surface area contributed by atoms with Gasteiger partial charge in [0, 0.05) is 17.3 Å². The molecule has 25 heavy (non-hydrogen) atoms. The van der Waals surface area contributed by atoms with Crippen LogP contribution in [0.3, 0.4) is 0 Å². The Morgan fingerprint density at radius 2 is 1.84 bits per heavy atom. The molecule has 6 nitrogen and oxygen atoms in total. The molecule has 0 amide bonds. The summed E-state index contributed by atoms with van der Waals surface area (Å²) < 4.78 is 10.5. The van der Waals surface area contributed by atoms with E-state index in [1.165, 1.54) is 6.07 Å². The van der Waals surface area contributed by atoms with Crippen LogP contribution in [0.1, 0.15) is 19.4 Å². The number of nitrogens with zero attached hydrogens (tertiary/aromatic N) is 1. The van der Waals surface area contributed by atoms with Crippen molar-refractivity contribution in [3.8, 4) is 17.2 Å². The molecule has 0 bridgehead atoms. The molecule has 0 aromatic heterocycles. The fourth-order valence-corrected chi connectivity index (χ4v) is 2.26. The number of ether oxygens (including phenoxy) is 2. The maximum atomic E-state index is 10.0. The van der Waals surface area contributed by atoms with Crippen molar-refractivity contribution in [2.75, 3.05) is 19.0 Å². The van der Waals surface area contributed by atoms with Crippen molar-refractivity contribution < 1.29 is 14.6 Å².